The molecule has 7 nitrogen and oxygen atoms in total. The number of hydrogen-bond acceptors (Lipinski definition) is 5. The molecule has 1 aromatic rings. The van der Waals surface area contributed by atoms with Crippen molar-refractivity contribution in [3.05, 3.63) is 33.9 Å². The van der Waals surface area contributed by atoms with Crippen molar-refractivity contribution in [3.8, 4) is 0 Å². The second kappa shape index (κ2) is 5.37. The number of nitro groups is 1. The number of rotatable bonds is 3. The number of carboxylic acid groups (broad SMARTS) is 1. The number of nitrogens with one attached hydrogen (secondary N) is 1. The lowest BCUT2D eigenvalue weighted by Crippen LogP contribution is -2.55. The number of halogens is 2. The van der Waals surface area contributed by atoms with Crippen molar-refractivity contribution in [1.29, 1.82) is 0 Å². The summed E-state index contributed by atoms with van der Waals surface area (Å²) in [6.45, 7) is 0.480. The maximum Gasteiger partial charge on any atom is 0.327 e. The van der Waals surface area contributed by atoms with E-state index in [-0.39, 0.29) is 13.1 Å². The summed E-state index contributed by atoms with van der Waals surface area (Å²) in [5.74, 6) is -3.52. The van der Waals surface area contributed by atoms with Crippen molar-refractivity contribution in [1.82, 2.24) is 5.32 Å². The van der Waals surface area contributed by atoms with Gasteiger partial charge in [0.15, 0.2) is 11.6 Å². The van der Waals surface area contributed by atoms with E-state index in [1.54, 1.807) is 0 Å². The molecule has 1 heterocycles. The number of nitrogens with zero attached hydrogens (tertiary/aromatic N) is 2. The molecule has 0 saturated carbocycles. The van der Waals surface area contributed by atoms with E-state index in [1.807, 2.05) is 0 Å². The van der Waals surface area contributed by atoms with E-state index in [0.29, 0.717) is 18.7 Å². The number of aliphatic carboxylic acids is 1. The van der Waals surface area contributed by atoms with Gasteiger partial charge < -0.3 is 15.3 Å². The van der Waals surface area contributed by atoms with Gasteiger partial charge >= 0.3 is 5.97 Å². The average Bonchev–Trinajstić information content (AvgIpc) is 2.38. The third-order valence-electron chi connectivity index (χ3n) is 3.03. The number of nitro benzene ring substituents is 1. The zero-order valence-electron chi connectivity index (χ0n) is 10.2. The minimum Gasteiger partial charge on any atom is -0.480 e. The molecule has 108 valence electrons. The average molecular weight is 287 g/mol. The van der Waals surface area contributed by atoms with E-state index in [0.717, 1.165) is 4.90 Å². The first kappa shape index (κ1) is 14.1. The van der Waals surface area contributed by atoms with Crippen LogP contribution < -0.4 is 10.2 Å². The molecule has 0 aliphatic carbocycles. The van der Waals surface area contributed by atoms with E-state index in [9.17, 15) is 23.7 Å². The number of carbonyl (C=O) groups is 1. The Hall–Kier alpha value is -2.29. The highest BCUT2D eigenvalue weighted by atomic mass is 19.1. The van der Waals surface area contributed by atoms with Crippen LogP contribution in [0.5, 0.6) is 0 Å². The number of hydrogen-bond donors (Lipinski definition) is 2. The Morgan fingerprint density at radius 3 is 2.55 bits per heavy atom. The fourth-order valence-electron chi connectivity index (χ4n) is 2.12. The summed E-state index contributed by atoms with van der Waals surface area (Å²) in [5, 5.41) is 22.4. The molecule has 1 aliphatic heterocycles. The van der Waals surface area contributed by atoms with Crippen LogP contribution in [0.1, 0.15) is 0 Å². The van der Waals surface area contributed by atoms with Gasteiger partial charge in [-0.15, -0.1) is 0 Å². The Labute approximate surface area is 111 Å². The van der Waals surface area contributed by atoms with Gasteiger partial charge in [0.1, 0.15) is 11.7 Å². The third-order valence-corrected chi connectivity index (χ3v) is 3.03. The molecule has 20 heavy (non-hydrogen) atoms. The van der Waals surface area contributed by atoms with Crippen molar-refractivity contribution in [2.45, 2.75) is 6.04 Å². The van der Waals surface area contributed by atoms with Crippen molar-refractivity contribution >= 4 is 17.3 Å². The van der Waals surface area contributed by atoms with Crippen LogP contribution in [0.3, 0.4) is 0 Å². The maximum absolute atomic E-state index is 13.9. The van der Waals surface area contributed by atoms with Gasteiger partial charge in [-0.05, 0) is 0 Å². The molecular formula is C11H11F2N3O4. The lowest BCUT2D eigenvalue weighted by atomic mass is 10.1. The number of non-ortho nitro benzene ring substituents is 1. The van der Waals surface area contributed by atoms with E-state index < -0.39 is 39.9 Å². The Morgan fingerprint density at radius 2 is 2.05 bits per heavy atom. The van der Waals surface area contributed by atoms with Gasteiger partial charge in [-0.25, -0.2) is 13.6 Å². The Bertz CT molecular complexity index is 544. The number of benzene rings is 1. The quantitative estimate of drug-likeness (QED) is 0.628. The first-order valence-electron chi connectivity index (χ1n) is 5.75. The van der Waals surface area contributed by atoms with Crippen LogP contribution in [0, 0.1) is 21.7 Å². The number of piperazine rings is 1. The normalized spacial score (nSPS) is 18.9. The minimum atomic E-state index is -1.23. The van der Waals surface area contributed by atoms with Gasteiger partial charge in [-0.2, -0.15) is 0 Å². The van der Waals surface area contributed by atoms with E-state index in [2.05, 4.69) is 5.32 Å². The summed E-state index contributed by atoms with van der Waals surface area (Å²) in [6, 6.07) is 0.0350. The van der Waals surface area contributed by atoms with Crippen LogP contribution in [-0.4, -0.2) is 41.7 Å². The molecule has 1 atom stereocenters. The predicted octanol–water partition coefficient (Wildman–Crippen LogP) is 0.736. The van der Waals surface area contributed by atoms with Crippen molar-refractivity contribution in [2.24, 2.45) is 0 Å². The zero-order valence-corrected chi connectivity index (χ0v) is 10.2. The lowest BCUT2D eigenvalue weighted by Gasteiger charge is -2.35. The monoisotopic (exact) mass is 287 g/mol. The smallest absolute Gasteiger partial charge is 0.327 e. The van der Waals surface area contributed by atoms with Crippen LogP contribution >= 0.6 is 0 Å². The minimum absolute atomic E-state index is 0.0329. The van der Waals surface area contributed by atoms with Crippen LogP contribution in [-0.2, 0) is 4.79 Å². The fourth-order valence-corrected chi connectivity index (χ4v) is 2.12. The van der Waals surface area contributed by atoms with Crippen LogP contribution in [0.25, 0.3) is 0 Å². The topological polar surface area (TPSA) is 95.7 Å². The largest absolute Gasteiger partial charge is 0.480 e. The van der Waals surface area contributed by atoms with Gasteiger partial charge in [0.2, 0.25) is 0 Å². The van der Waals surface area contributed by atoms with Crippen molar-refractivity contribution in [3.63, 3.8) is 0 Å². The molecular weight excluding hydrogens is 276 g/mol. The van der Waals surface area contributed by atoms with Crippen LogP contribution in [0.4, 0.5) is 20.2 Å². The Morgan fingerprint density at radius 1 is 1.45 bits per heavy atom. The van der Waals surface area contributed by atoms with Crippen LogP contribution in [0.15, 0.2) is 12.1 Å². The Balaban J connectivity index is 2.45. The summed E-state index contributed by atoms with van der Waals surface area (Å²) in [5.41, 5.74) is -1.27. The molecule has 1 saturated heterocycles. The SMILES string of the molecule is O=C(O)C1CNCCN1c1c(F)cc([N+](=O)[O-])cc1F. The Kier molecular flexibility index (Phi) is 3.79. The molecule has 1 aromatic carbocycles. The molecule has 1 fully saturated rings. The van der Waals surface area contributed by atoms with Gasteiger partial charge in [-0.1, -0.05) is 0 Å². The maximum atomic E-state index is 13.9. The third kappa shape index (κ3) is 2.52. The highest BCUT2D eigenvalue weighted by Gasteiger charge is 2.33. The highest BCUT2D eigenvalue weighted by molar-refractivity contribution is 5.79. The van der Waals surface area contributed by atoms with Crippen LogP contribution in [0.2, 0.25) is 0 Å². The second-order valence-electron chi connectivity index (χ2n) is 4.27. The zero-order chi connectivity index (χ0) is 14.9. The first-order valence-corrected chi connectivity index (χ1v) is 5.75. The first-order chi connectivity index (χ1) is 9.41. The molecule has 2 N–H and O–H groups in total. The molecule has 0 spiro atoms. The summed E-state index contributed by atoms with van der Waals surface area (Å²) in [6.07, 6.45) is 0. The van der Waals surface area contributed by atoms with E-state index in [1.165, 1.54) is 0 Å². The molecule has 1 unspecified atom stereocenters. The summed E-state index contributed by atoms with van der Waals surface area (Å²) in [4.78, 5) is 21.8. The number of anilines is 1. The van der Waals surface area contributed by atoms with E-state index in [4.69, 9.17) is 5.11 Å². The predicted molar refractivity (Wildman–Crippen MR) is 64.7 cm³/mol. The van der Waals surface area contributed by atoms with Gasteiger partial charge in [0, 0.05) is 19.6 Å². The molecule has 2 rings (SSSR count). The fraction of sp³-hybridized carbons (Fsp3) is 0.364. The molecule has 0 bridgehead atoms. The molecule has 0 aromatic heterocycles. The molecule has 9 heteroatoms. The summed E-state index contributed by atoms with van der Waals surface area (Å²) in [7, 11) is 0. The van der Waals surface area contributed by atoms with Gasteiger partial charge in [-0.3, -0.25) is 10.1 Å². The summed E-state index contributed by atoms with van der Waals surface area (Å²) < 4.78 is 27.8. The lowest BCUT2D eigenvalue weighted by molar-refractivity contribution is -0.385. The number of carboxylic acids is 1. The second-order valence-corrected chi connectivity index (χ2v) is 4.27. The van der Waals surface area contributed by atoms with Gasteiger partial charge in [0.25, 0.3) is 5.69 Å². The molecule has 1 aliphatic rings. The standard InChI is InChI=1S/C11H11F2N3O4/c12-7-3-6(16(19)20)4-8(13)10(7)15-2-1-14-5-9(15)11(17)18/h3-4,9,14H,1-2,5H2,(H,17,18). The van der Waals surface area contributed by atoms with E-state index >= 15 is 0 Å². The molecule has 0 amide bonds. The van der Waals surface area contributed by atoms with Gasteiger partial charge in [0.05, 0.1) is 17.1 Å². The molecule has 0 radical (unpaired) electrons. The summed E-state index contributed by atoms with van der Waals surface area (Å²) >= 11 is 0. The van der Waals surface area contributed by atoms with Crippen molar-refractivity contribution in [2.75, 3.05) is 24.5 Å². The highest BCUT2D eigenvalue weighted by Crippen LogP contribution is 2.29. The van der Waals surface area contributed by atoms with Crippen molar-refractivity contribution < 1.29 is 23.6 Å².